The normalized spacial score (nSPS) is 12.1. The molecule has 294 valence electrons. The summed E-state index contributed by atoms with van der Waals surface area (Å²) in [6.07, 6.45) is 19.2. The average Bonchev–Trinajstić information content (AvgIpc) is 3.88. The van der Waals surface area contributed by atoms with Crippen LogP contribution >= 0.6 is 0 Å². The third-order valence-electron chi connectivity index (χ3n) is 13.5. The molecule has 14 rings (SSSR count). The summed E-state index contributed by atoms with van der Waals surface area (Å²) in [6.45, 7) is 0. The SMILES string of the molecule is c1cncc(-c2ccc3c(-c4cccnc4)c4c5cc6c(cc7c8c(-c9cccnc9)ccc(-c9cccnc9)c8c8cccc6c87)c6cccc(c4c(-c4cccnc4)c3c2)c65)c1. The third-order valence-corrected chi connectivity index (χ3v) is 13.5. The molecule has 0 atom stereocenters. The van der Waals surface area contributed by atoms with E-state index in [9.17, 15) is 0 Å². The fraction of sp³-hybridized carbons (Fsp3) is 0. The molecule has 5 heterocycles. The first kappa shape index (κ1) is 35.0. The Morgan fingerprint density at radius 2 is 0.641 bits per heavy atom. The number of rotatable bonds is 5. The van der Waals surface area contributed by atoms with Crippen molar-refractivity contribution in [1.82, 2.24) is 24.9 Å². The van der Waals surface area contributed by atoms with Crippen molar-refractivity contribution in [3.63, 3.8) is 0 Å². The maximum atomic E-state index is 4.71. The molecule has 0 N–H and O–H groups in total. The van der Waals surface area contributed by atoms with Gasteiger partial charge in [-0.25, -0.2) is 0 Å². The molecule has 0 fully saturated rings. The largest absolute Gasteiger partial charge is 0.264 e. The van der Waals surface area contributed by atoms with Crippen LogP contribution in [0.15, 0.2) is 201 Å². The van der Waals surface area contributed by atoms with Gasteiger partial charge >= 0.3 is 0 Å². The molecule has 9 aromatic carbocycles. The van der Waals surface area contributed by atoms with Gasteiger partial charge in [-0.2, -0.15) is 0 Å². The number of pyridine rings is 5. The van der Waals surface area contributed by atoms with Gasteiger partial charge in [-0.1, -0.05) is 91.0 Å². The molecule has 0 aliphatic rings. The Bertz CT molecular complexity index is 4140. The maximum Gasteiger partial charge on any atom is 0.0346 e. The molecule has 0 spiro atoms. The van der Waals surface area contributed by atoms with Crippen molar-refractivity contribution < 1.29 is 0 Å². The number of fused-ring (bicyclic) bond motifs is 10. The molecule has 5 nitrogen and oxygen atoms in total. The van der Waals surface area contributed by atoms with Crippen molar-refractivity contribution in [3.05, 3.63) is 201 Å². The van der Waals surface area contributed by atoms with Crippen LogP contribution in [0.25, 0.3) is 142 Å². The van der Waals surface area contributed by atoms with Gasteiger partial charge in [-0.3, -0.25) is 24.9 Å². The van der Waals surface area contributed by atoms with Crippen LogP contribution in [0.4, 0.5) is 0 Å². The third kappa shape index (κ3) is 4.86. The standard InChI is InChI=1S/C59H33N5/c1-13-42-48-28-51-55-43(47(48)27-50-54(42)45(15-1)56-40(36-9-4-22-61-30-36)19-20-41(57(50)56)37-10-5-23-62-31-37)14-2-16-46(55)58-53(39-12-7-25-64-33-39)49-26-34(35-8-3-21-60-29-35)17-18-44(49)52(59(51)58)38-11-6-24-63-32-38/h1-33H. The first-order chi connectivity index (χ1) is 31.8. The van der Waals surface area contributed by atoms with Gasteiger partial charge in [0.1, 0.15) is 0 Å². The molecule has 0 saturated heterocycles. The summed E-state index contributed by atoms with van der Waals surface area (Å²) in [5, 5.41) is 19.7. The van der Waals surface area contributed by atoms with Gasteiger partial charge in [0.15, 0.2) is 0 Å². The summed E-state index contributed by atoms with van der Waals surface area (Å²) >= 11 is 0. The van der Waals surface area contributed by atoms with E-state index in [0.717, 1.165) is 38.8 Å². The van der Waals surface area contributed by atoms with Gasteiger partial charge in [-0.15, -0.1) is 0 Å². The van der Waals surface area contributed by atoms with Crippen LogP contribution in [0.5, 0.6) is 0 Å². The lowest BCUT2D eigenvalue weighted by Crippen LogP contribution is -1.91. The topological polar surface area (TPSA) is 64.5 Å². The van der Waals surface area contributed by atoms with Crippen molar-refractivity contribution in [2.45, 2.75) is 0 Å². The zero-order valence-corrected chi connectivity index (χ0v) is 34.3. The minimum absolute atomic E-state index is 1.07. The summed E-state index contributed by atoms with van der Waals surface area (Å²) in [6, 6.07) is 51.2. The van der Waals surface area contributed by atoms with Crippen molar-refractivity contribution in [1.29, 1.82) is 0 Å². The molecule has 5 heteroatoms. The summed E-state index contributed by atoms with van der Waals surface area (Å²) in [7, 11) is 0. The van der Waals surface area contributed by atoms with E-state index in [0.29, 0.717) is 0 Å². The van der Waals surface area contributed by atoms with Crippen LogP contribution in [0.3, 0.4) is 0 Å². The predicted molar refractivity (Wildman–Crippen MR) is 265 cm³/mol. The monoisotopic (exact) mass is 811 g/mol. The first-order valence-corrected chi connectivity index (χ1v) is 21.6. The fourth-order valence-electron chi connectivity index (χ4n) is 11.0. The Kier molecular flexibility index (Phi) is 7.33. The van der Waals surface area contributed by atoms with Gasteiger partial charge in [0.2, 0.25) is 0 Å². The van der Waals surface area contributed by atoms with Gasteiger partial charge in [0, 0.05) is 89.8 Å². The second-order valence-corrected chi connectivity index (χ2v) is 16.8. The number of benzene rings is 7. The fourth-order valence-corrected chi connectivity index (χ4v) is 11.0. The van der Waals surface area contributed by atoms with Crippen LogP contribution < -0.4 is 0 Å². The van der Waals surface area contributed by atoms with Crippen molar-refractivity contribution in [3.8, 4) is 55.6 Å². The minimum Gasteiger partial charge on any atom is -0.264 e. The summed E-state index contributed by atoms with van der Waals surface area (Å²) in [4.78, 5) is 23.0. The molecule has 0 radical (unpaired) electrons. The number of nitrogens with zero attached hydrogens (tertiary/aromatic N) is 5. The van der Waals surface area contributed by atoms with Gasteiger partial charge in [0.25, 0.3) is 0 Å². The van der Waals surface area contributed by atoms with E-state index in [1.807, 2.05) is 92.3 Å². The molecule has 5 aromatic heterocycles. The van der Waals surface area contributed by atoms with E-state index in [1.165, 1.54) is 103 Å². The zero-order chi connectivity index (χ0) is 41.9. The second-order valence-electron chi connectivity index (χ2n) is 16.8. The lowest BCUT2D eigenvalue weighted by atomic mass is 9.86. The Morgan fingerprint density at radius 3 is 1.16 bits per heavy atom. The molecule has 0 aliphatic carbocycles. The molecule has 14 aromatic rings. The Morgan fingerprint density at radius 1 is 0.219 bits per heavy atom. The molecule has 64 heavy (non-hydrogen) atoms. The smallest absolute Gasteiger partial charge is 0.0346 e. The quantitative estimate of drug-likeness (QED) is 0.162. The molecule has 0 saturated carbocycles. The van der Waals surface area contributed by atoms with Crippen molar-refractivity contribution in [2.24, 2.45) is 0 Å². The molecule has 0 aliphatic heterocycles. The highest BCUT2D eigenvalue weighted by molar-refractivity contribution is 6.46. The highest BCUT2D eigenvalue weighted by Crippen LogP contribution is 2.55. The van der Waals surface area contributed by atoms with Gasteiger partial charge < -0.3 is 0 Å². The lowest BCUT2D eigenvalue weighted by Gasteiger charge is -2.17. The number of aromatic nitrogens is 5. The van der Waals surface area contributed by atoms with Crippen LogP contribution in [0.2, 0.25) is 0 Å². The van der Waals surface area contributed by atoms with Crippen molar-refractivity contribution >= 4 is 86.2 Å². The van der Waals surface area contributed by atoms with Crippen LogP contribution in [0, 0.1) is 0 Å². The van der Waals surface area contributed by atoms with Gasteiger partial charge in [-0.05, 0) is 163 Å². The molecule has 0 unspecified atom stereocenters. The summed E-state index contributed by atoms with van der Waals surface area (Å²) in [5.74, 6) is 0. The predicted octanol–water partition coefficient (Wildman–Crippen LogP) is 15.1. The van der Waals surface area contributed by atoms with Crippen LogP contribution in [-0.2, 0) is 0 Å². The van der Waals surface area contributed by atoms with E-state index in [1.54, 1.807) is 0 Å². The lowest BCUT2D eigenvalue weighted by molar-refractivity contribution is 1.33. The van der Waals surface area contributed by atoms with Gasteiger partial charge in [0.05, 0.1) is 0 Å². The molecule has 0 bridgehead atoms. The van der Waals surface area contributed by atoms with E-state index in [4.69, 9.17) is 9.97 Å². The highest BCUT2D eigenvalue weighted by Gasteiger charge is 2.27. The zero-order valence-electron chi connectivity index (χ0n) is 34.3. The Hall–Kier alpha value is -8.67. The number of hydrogen-bond donors (Lipinski definition) is 0. The first-order valence-electron chi connectivity index (χ1n) is 21.6. The average molecular weight is 812 g/mol. The minimum atomic E-state index is 1.07. The summed E-state index contributed by atoms with van der Waals surface area (Å²) < 4.78 is 0. The highest BCUT2D eigenvalue weighted by atomic mass is 14.6. The van der Waals surface area contributed by atoms with Crippen LogP contribution in [-0.4, -0.2) is 24.9 Å². The Balaban J connectivity index is 1.20. The van der Waals surface area contributed by atoms with Crippen molar-refractivity contribution in [2.75, 3.05) is 0 Å². The summed E-state index contributed by atoms with van der Waals surface area (Å²) in [5.41, 5.74) is 11.2. The number of hydrogen-bond acceptors (Lipinski definition) is 5. The van der Waals surface area contributed by atoms with E-state index < -0.39 is 0 Å². The molecular formula is C59H33N5. The van der Waals surface area contributed by atoms with E-state index in [-0.39, 0.29) is 0 Å². The van der Waals surface area contributed by atoms with E-state index >= 15 is 0 Å². The molecule has 0 amide bonds. The van der Waals surface area contributed by atoms with Crippen LogP contribution in [0.1, 0.15) is 0 Å². The second kappa shape index (κ2) is 13.4. The molecular weight excluding hydrogens is 779 g/mol. The van der Waals surface area contributed by atoms with E-state index in [2.05, 4.69) is 124 Å². The maximum absolute atomic E-state index is 4.71. The Labute approximate surface area is 366 Å².